The number of hydrogen-bond donors (Lipinski definition) is 0. The molecular weight excluding hydrogens is 304 g/mol. The van der Waals surface area contributed by atoms with Crippen molar-refractivity contribution in [1.29, 1.82) is 0 Å². The Hall–Kier alpha value is -1.34. The van der Waals surface area contributed by atoms with Gasteiger partial charge in [-0.2, -0.15) is 8.89 Å². The first kappa shape index (κ1) is 13.3. The van der Waals surface area contributed by atoms with Crippen LogP contribution in [0.4, 0.5) is 0 Å². The maximum atomic E-state index is 12.7. The number of hydrogen-bond acceptors (Lipinski definition) is 5. The molecule has 0 aliphatic heterocycles. The van der Waals surface area contributed by atoms with Crippen molar-refractivity contribution in [2.24, 2.45) is 7.05 Å². The smallest absolute Gasteiger partial charge is 0.263 e. The molecule has 3 aromatic rings. The van der Waals surface area contributed by atoms with Crippen molar-refractivity contribution >= 4 is 39.0 Å². The summed E-state index contributed by atoms with van der Waals surface area (Å²) < 4.78 is 4.72. The van der Waals surface area contributed by atoms with Gasteiger partial charge in [-0.1, -0.05) is 18.7 Å². The Morgan fingerprint density at radius 2 is 2.24 bits per heavy atom. The third-order valence-electron chi connectivity index (χ3n) is 4.01. The summed E-state index contributed by atoms with van der Waals surface area (Å²) >= 11 is 3.21. The second-order valence-corrected chi connectivity index (χ2v) is 7.38. The van der Waals surface area contributed by atoms with Gasteiger partial charge in [0.05, 0.1) is 4.70 Å². The number of fused-ring (bicyclic) bond motifs is 5. The van der Waals surface area contributed by atoms with Gasteiger partial charge in [0.1, 0.15) is 5.39 Å². The molecule has 5 nitrogen and oxygen atoms in total. The minimum Gasteiger partial charge on any atom is -0.315 e. The summed E-state index contributed by atoms with van der Waals surface area (Å²) in [6.45, 7) is 2.14. The number of rotatable bonds is 3. The predicted molar refractivity (Wildman–Crippen MR) is 86.7 cm³/mol. The van der Waals surface area contributed by atoms with E-state index in [-0.39, 0.29) is 5.56 Å². The van der Waals surface area contributed by atoms with Gasteiger partial charge in [0.15, 0.2) is 5.65 Å². The monoisotopic (exact) mass is 320 g/mol. The van der Waals surface area contributed by atoms with E-state index in [0.29, 0.717) is 0 Å². The fraction of sp³-hybridized carbons (Fsp3) is 0.500. The van der Waals surface area contributed by atoms with E-state index in [1.165, 1.54) is 11.3 Å². The molecule has 3 heterocycles. The summed E-state index contributed by atoms with van der Waals surface area (Å²) in [5, 5.41) is 6.04. The molecule has 0 atom stereocenters. The second-order valence-electron chi connectivity index (χ2n) is 5.38. The van der Waals surface area contributed by atoms with Crippen molar-refractivity contribution in [2.75, 3.05) is 5.75 Å². The Kier molecular flexibility index (Phi) is 3.08. The maximum Gasteiger partial charge on any atom is 0.263 e. The standard InChI is InChI=1S/C14H16N4OS2/c1-3-7-20-14-15-12-10-11(21-18(12)16-14)8-5-4-6-9(8)17(2)13(10)19/h3-7H2,1-2H3. The molecule has 0 aromatic carbocycles. The summed E-state index contributed by atoms with van der Waals surface area (Å²) in [5.74, 6) is 1.00. The summed E-state index contributed by atoms with van der Waals surface area (Å²) in [5.41, 5.74) is 3.31. The first-order valence-corrected chi connectivity index (χ1v) is 9.00. The van der Waals surface area contributed by atoms with Crippen LogP contribution in [0.5, 0.6) is 0 Å². The molecule has 0 spiro atoms. The van der Waals surface area contributed by atoms with E-state index in [2.05, 4.69) is 17.0 Å². The lowest BCUT2D eigenvalue weighted by Gasteiger charge is -2.06. The lowest BCUT2D eigenvalue weighted by atomic mass is 10.2. The normalized spacial score (nSPS) is 14.4. The van der Waals surface area contributed by atoms with E-state index in [1.807, 2.05) is 15.5 Å². The van der Waals surface area contributed by atoms with Crippen LogP contribution < -0.4 is 5.56 Å². The Morgan fingerprint density at radius 3 is 3.05 bits per heavy atom. The Labute approximate surface area is 130 Å². The van der Waals surface area contributed by atoms with Gasteiger partial charge in [0.2, 0.25) is 5.16 Å². The van der Waals surface area contributed by atoms with Crippen molar-refractivity contribution in [2.45, 2.75) is 37.8 Å². The van der Waals surface area contributed by atoms with Gasteiger partial charge in [-0.15, -0.1) is 5.10 Å². The summed E-state index contributed by atoms with van der Waals surface area (Å²) in [6, 6.07) is 0. The highest BCUT2D eigenvalue weighted by molar-refractivity contribution is 7.99. The zero-order valence-electron chi connectivity index (χ0n) is 12.0. The summed E-state index contributed by atoms with van der Waals surface area (Å²) in [4.78, 5) is 17.2. The van der Waals surface area contributed by atoms with Crippen molar-refractivity contribution in [3.05, 3.63) is 21.6 Å². The molecule has 1 aliphatic rings. The van der Waals surface area contributed by atoms with Crippen LogP contribution in [-0.4, -0.2) is 24.3 Å². The van der Waals surface area contributed by atoms with Crippen molar-refractivity contribution < 1.29 is 0 Å². The fourth-order valence-electron chi connectivity index (χ4n) is 3.02. The largest absolute Gasteiger partial charge is 0.315 e. The van der Waals surface area contributed by atoms with E-state index < -0.39 is 0 Å². The average molecular weight is 320 g/mol. The maximum absolute atomic E-state index is 12.7. The van der Waals surface area contributed by atoms with Crippen LogP contribution in [0.15, 0.2) is 9.95 Å². The molecule has 0 fully saturated rings. The minimum atomic E-state index is 0.0661. The molecule has 3 aromatic heterocycles. The quantitative estimate of drug-likeness (QED) is 0.696. The van der Waals surface area contributed by atoms with Gasteiger partial charge in [-0.25, -0.2) is 0 Å². The zero-order chi connectivity index (χ0) is 14.6. The first-order chi connectivity index (χ1) is 10.2. The van der Waals surface area contributed by atoms with Crippen LogP contribution >= 0.6 is 23.3 Å². The summed E-state index contributed by atoms with van der Waals surface area (Å²) in [6.07, 6.45) is 4.28. The van der Waals surface area contributed by atoms with Crippen LogP contribution in [0, 0.1) is 0 Å². The van der Waals surface area contributed by atoms with Crippen LogP contribution in [-0.2, 0) is 19.9 Å². The molecule has 4 rings (SSSR count). The van der Waals surface area contributed by atoms with E-state index in [4.69, 9.17) is 0 Å². The van der Waals surface area contributed by atoms with Gasteiger partial charge in [0.25, 0.3) is 5.56 Å². The highest BCUT2D eigenvalue weighted by Crippen LogP contribution is 2.33. The Bertz CT molecular complexity index is 905. The van der Waals surface area contributed by atoms with Gasteiger partial charge >= 0.3 is 0 Å². The Morgan fingerprint density at radius 1 is 1.38 bits per heavy atom. The van der Waals surface area contributed by atoms with E-state index in [0.717, 1.165) is 52.3 Å². The summed E-state index contributed by atoms with van der Waals surface area (Å²) in [7, 11) is 1.88. The van der Waals surface area contributed by atoms with Crippen LogP contribution in [0.25, 0.3) is 15.7 Å². The molecule has 0 saturated carbocycles. The highest BCUT2D eigenvalue weighted by Gasteiger charge is 2.24. The van der Waals surface area contributed by atoms with E-state index in [1.54, 1.807) is 23.3 Å². The second kappa shape index (κ2) is 4.84. The topological polar surface area (TPSA) is 52.2 Å². The van der Waals surface area contributed by atoms with Crippen molar-refractivity contribution in [3.8, 4) is 0 Å². The number of pyridine rings is 1. The molecular formula is C14H16N4OS2. The van der Waals surface area contributed by atoms with Crippen molar-refractivity contribution in [3.63, 3.8) is 0 Å². The SMILES string of the molecule is CCCSc1nc2c3c(=O)n(C)c4c(c3sn2n1)CCC4. The number of thioether (sulfide) groups is 1. The molecule has 0 amide bonds. The Balaban J connectivity index is 2.01. The molecule has 0 saturated heterocycles. The zero-order valence-corrected chi connectivity index (χ0v) is 13.7. The average Bonchev–Trinajstić information content (AvgIpc) is 3.15. The molecule has 0 bridgehead atoms. The van der Waals surface area contributed by atoms with Crippen LogP contribution in [0.3, 0.4) is 0 Å². The number of aromatic nitrogens is 4. The lowest BCUT2D eigenvalue weighted by Crippen LogP contribution is -2.20. The molecule has 0 radical (unpaired) electrons. The van der Waals surface area contributed by atoms with Crippen LogP contribution in [0.1, 0.15) is 31.0 Å². The lowest BCUT2D eigenvalue weighted by molar-refractivity contribution is 0.786. The van der Waals surface area contributed by atoms with E-state index in [9.17, 15) is 4.79 Å². The molecule has 0 N–H and O–H groups in total. The van der Waals surface area contributed by atoms with Crippen LogP contribution in [0.2, 0.25) is 0 Å². The van der Waals surface area contributed by atoms with Gasteiger partial charge < -0.3 is 4.57 Å². The first-order valence-electron chi connectivity index (χ1n) is 7.24. The molecule has 7 heteroatoms. The van der Waals surface area contributed by atoms with Gasteiger partial charge in [-0.05, 0) is 42.8 Å². The number of aryl methyl sites for hydroxylation is 1. The fourth-order valence-corrected chi connectivity index (χ4v) is 4.85. The van der Waals surface area contributed by atoms with Gasteiger partial charge in [0, 0.05) is 18.5 Å². The minimum absolute atomic E-state index is 0.0661. The third-order valence-corrected chi connectivity index (χ3v) is 6.11. The molecule has 1 aliphatic carbocycles. The molecule has 110 valence electrons. The molecule has 0 unspecified atom stereocenters. The van der Waals surface area contributed by atoms with Crippen molar-refractivity contribution in [1.82, 2.24) is 18.6 Å². The predicted octanol–water partition coefficient (Wildman–Crippen LogP) is 2.63. The third kappa shape index (κ3) is 1.87. The molecule has 21 heavy (non-hydrogen) atoms. The highest BCUT2D eigenvalue weighted by atomic mass is 32.2. The number of nitrogens with zero attached hydrogens (tertiary/aromatic N) is 4. The van der Waals surface area contributed by atoms with E-state index >= 15 is 0 Å². The van der Waals surface area contributed by atoms with Gasteiger partial charge in [-0.3, -0.25) is 4.79 Å².